The average Bonchev–Trinajstić information content (AvgIpc) is 2.71. The van der Waals surface area contributed by atoms with E-state index < -0.39 is 0 Å². The summed E-state index contributed by atoms with van der Waals surface area (Å²) in [5, 5.41) is 3.13. The van der Waals surface area contributed by atoms with Crippen molar-refractivity contribution in [2.24, 2.45) is 0 Å². The molecule has 1 aromatic rings. The number of likely N-dealkylation sites (N-methyl/N-ethyl adjacent to an activating group) is 1. The highest BCUT2D eigenvalue weighted by Gasteiger charge is 2.29. The summed E-state index contributed by atoms with van der Waals surface area (Å²) < 4.78 is 5.47. The molecule has 1 atom stereocenters. The first-order valence-electron chi connectivity index (χ1n) is 6.52. The van der Waals surface area contributed by atoms with Gasteiger partial charge in [0.2, 0.25) is 11.8 Å². The van der Waals surface area contributed by atoms with E-state index in [0.29, 0.717) is 24.0 Å². The second kappa shape index (κ2) is 5.77. The quantitative estimate of drug-likeness (QED) is 0.832. The van der Waals surface area contributed by atoms with Crippen LogP contribution in [0, 0.1) is 0 Å². The summed E-state index contributed by atoms with van der Waals surface area (Å²) in [5.41, 5.74) is 6.31. The Bertz CT molecular complexity index is 464. The van der Waals surface area contributed by atoms with Crippen LogP contribution in [-0.2, 0) is 4.79 Å². The summed E-state index contributed by atoms with van der Waals surface area (Å²) in [6.45, 7) is 3.36. The van der Waals surface area contributed by atoms with Crippen LogP contribution in [0.4, 0.5) is 11.5 Å². The first-order valence-corrected chi connectivity index (χ1v) is 6.52. The van der Waals surface area contributed by atoms with Crippen molar-refractivity contribution in [1.29, 1.82) is 0 Å². The summed E-state index contributed by atoms with van der Waals surface area (Å²) in [4.78, 5) is 17.8. The van der Waals surface area contributed by atoms with Gasteiger partial charge in [-0.3, -0.25) is 4.79 Å². The lowest BCUT2D eigenvalue weighted by molar-refractivity contribution is -0.127. The predicted octanol–water partition coefficient (Wildman–Crippen LogP) is 1.10. The molecule has 0 radical (unpaired) electrons. The summed E-state index contributed by atoms with van der Waals surface area (Å²) in [6, 6.07) is 3.29. The molecule has 2 heterocycles. The topological polar surface area (TPSA) is 80.5 Å². The third-order valence-corrected chi connectivity index (χ3v) is 3.08. The number of amides is 1. The summed E-state index contributed by atoms with van der Waals surface area (Å²) >= 11 is 0. The van der Waals surface area contributed by atoms with Crippen LogP contribution in [0.15, 0.2) is 12.1 Å². The minimum atomic E-state index is -0.208. The van der Waals surface area contributed by atoms with Crippen molar-refractivity contribution in [3.63, 3.8) is 0 Å². The number of likely N-dealkylation sites (tertiary alicyclic amines) is 1. The molecule has 0 saturated carbocycles. The van der Waals surface area contributed by atoms with Crippen LogP contribution >= 0.6 is 0 Å². The number of hydrogen-bond acceptors (Lipinski definition) is 5. The second-order valence-corrected chi connectivity index (χ2v) is 4.68. The molecule has 0 aliphatic carbocycles. The number of nitrogens with zero attached hydrogens (tertiary/aromatic N) is 2. The Balaban J connectivity index is 2.06. The number of hydrogen-bond donors (Lipinski definition) is 2. The van der Waals surface area contributed by atoms with E-state index in [2.05, 4.69) is 10.3 Å². The Hall–Kier alpha value is -1.98. The van der Waals surface area contributed by atoms with Gasteiger partial charge in [0.1, 0.15) is 11.9 Å². The number of nitrogens with one attached hydrogen (secondary N) is 1. The van der Waals surface area contributed by atoms with E-state index in [9.17, 15) is 4.79 Å². The van der Waals surface area contributed by atoms with Crippen molar-refractivity contribution >= 4 is 17.4 Å². The fourth-order valence-electron chi connectivity index (χ4n) is 1.98. The lowest BCUT2D eigenvalue weighted by atomic mass is 10.2. The van der Waals surface area contributed by atoms with Gasteiger partial charge in [-0.15, -0.1) is 0 Å². The number of anilines is 2. The maximum Gasteiger partial charge on any atom is 0.244 e. The smallest absolute Gasteiger partial charge is 0.244 e. The van der Waals surface area contributed by atoms with Gasteiger partial charge in [0.05, 0.1) is 12.3 Å². The molecule has 1 unspecified atom stereocenters. The van der Waals surface area contributed by atoms with Crippen LogP contribution in [-0.4, -0.2) is 42.0 Å². The number of rotatable bonds is 5. The lowest BCUT2D eigenvalue weighted by Crippen LogP contribution is -2.31. The average molecular weight is 264 g/mol. The molecule has 6 heteroatoms. The summed E-state index contributed by atoms with van der Waals surface area (Å²) in [7, 11) is 1.80. The van der Waals surface area contributed by atoms with Crippen molar-refractivity contribution in [3.05, 3.63) is 12.1 Å². The number of nitrogen functional groups attached to an aromatic ring is 1. The molecular formula is C13H20N4O2. The third-order valence-electron chi connectivity index (χ3n) is 3.08. The molecule has 1 fully saturated rings. The second-order valence-electron chi connectivity index (χ2n) is 4.68. The molecule has 1 aliphatic rings. The Kier molecular flexibility index (Phi) is 4.09. The molecule has 6 nitrogen and oxygen atoms in total. The molecule has 0 spiro atoms. The molecule has 0 aromatic carbocycles. The molecular weight excluding hydrogens is 244 g/mol. The van der Waals surface area contributed by atoms with Gasteiger partial charge >= 0.3 is 0 Å². The normalized spacial score (nSPS) is 18.7. The number of aromatic nitrogens is 1. The van der Waals surface area contributed by atoms with E-state index in [1.165, 1.54) is 0 Å². The van der Waals surface area contributed by atoms with Gasteiger partial charge in [-0.25, -0.2) is 0 Å². The van der Waals surface area contributed by atoms with Gasteiger partial charge in [0, 0.05) is 13.6 Å². The van der Waals surface area contributed by atoms with E-state index in [1.54, 1.807) is 24.1 Å². The molecule has 1 saturated heterocycles. The van der Waals surface area contributed by atoms with Crippen molar-refractivity contribution < 1.29 is 9.53 Å². The molecule has 0 bridgehead atoms. The maximum atomic E-state index is 11.8. The fraction of sp³-hybridized carbons (Fsp3) is 0.538. The molecule has 1 aromatic heterocycles. The highest BCUT2D eigenvalue weighted by atomic mass is 16.5. The maximum absolute atomic E-state index is 11.8. The lowest BCUT2D eigenvalue weighted by Gasteiger charge is -2.14. The van der Waals surface area contributed by atoms with Crippen molar-refractivity contribution in [1.82, 2.24) is 9.88 Å². The molecule has 19 heavy (non-hydrogen) atoms. The molecule has 2 rings (SSSR count). The number of nitrogens with two attached hydrogens (primary N) is 1. The molecule has 104 valence electrons. The van der Waals surface area contributed by atoms with Crippen LogP contribution in [0.2, 0.25) is 0 Å². The highest BCUT2D eigenvalue weighted by Crippen LogP contribution is 2.22. The molecule has 3 N–H and O–H groups in total. The Morgan fingerprint density at radius 3 is 3.00 bits per heavy atom. The number of ether oxygens (including phenoxy) is 1. The Morgan fingerprint density at radius 1 is 1.58 bits per heavy atom. The van der Waals surface area contributed by atoms with Gasteiger partial charge < -0.3 is 20.7 Å². The van der Waals surface area contributed by atoms with Crippen LogP contribution in [0.1, 0.15) is 19.8 Å². The first kappa shape index (κ1) is 13.5. The number of pyridine rings is 1. The van der Waals surface area contributed by atoms with Crippen LogP contribution in [0.25, 0.3) is 0 Å². The minimum absolute atomic E-state index is 0.0923. The predicted molar refractivity (Wildman–Crippen MR) is 74.1 cm³/mol. The summed E-state index contributed by atoms with van der Waals surface area (Å²) in [6.07, 6.45) is 1.68. The van der Waals surface area contributed by atoms with Crippen molar-refractivity contribution in [2.75, 3.05) is 31.2 Å². The largest absolute Gasteiger partial charge is 0.476 e. The monoisotopic (exact) mass is 264 g/mol. The zero-order valence-corrected chi connectivity index (χ0v) is 11.3. The Morgan fingerprint density at radius 2 is 2.37 bits per heavy atom. The summed E-state index contributed by atoms with van der Waals surface area (Å²) in [5.74, 6) is 1.13. The molecule has 1 aliphatic heterocycles. The fourth-order valence-corrected chi connectivity index (χ4v) is 1.98. The van der Waals surface area contributed by atoms with Gasteiger partial charge in [-0.1, -0.05) is 6.92 Å². The highest BCUT2D eigenvalue weighted by molar-refractivity contribution is 5.86. The van der Waals surface area contributed by atoms with Crippen molar-refractivity contribution in [2.45, 2.75) is 25.8 Å². The third kappa shape index (κ3) is 3.07. The van der Waals surface area contributed by atoms with E-state index in [4.69, 9.17) is 10.5 Å². The van der Waals surface area contributed by atoms with E-state index in [-0.39, 0.29) is 11.9 Å². The van der Waals surface area contributed by atoms with E-state index in [1.807, 2.05) is 6.92 Å². The van der Waals surface area contributed by atoms with Crippen molar-refractivity contribution in [3.8, 4) is 5.88 Å². The minimum Gasteiger partial charge on any atom is -0.476 e. The van der Waals surface area contributed by atoms with Gasteiger partial charge in [-0.2, -0.15) is 4.98 Å². The molecule has 1 amide bonds. The van der Waals surface area contributed by atoms with E-state index >= 15 is 0 Å². The number of carbonyl (C=O) groups is 1. The van der Waals surface area contributed by atoms with Crippen LogP contribution in [0.3, 0.4) is 0 Å². The van der Waals surface area contributed by atoms with E-state index in [0.717, 1.165) is 19.4 Å². The zero-order valence-electron chi connectivity index (χ0n) is 11.3. The van der Waals surface area contributed by atoms with Gasteiger partial charge in [0.25, 0.3) is 0 Å². The van der Waals surface area contributed by atoms with Gasteiger partial charge in [-0.05, 0) is 25.0 Å². The van der Waals surface area contributed by atoms with Crippen LogP contribution in [0.5, 0.6) is 5.88 Å². The SMILES string of the molecule is CCCOc1nc(NC2CCN(C)C2=O)ccc1N. The Labute approximate surface area is 112 Å². The first-order chi connectivity index (χ1) is 9.11. The van der Waals surface area contributed by atoms with Crippen LogP contribution < -0.4 is 15.8 Å². The number of carbonyl (C=O) groups excluding carboxylic acids is 1. The zero-order chi connectivity index (χ0) is 13.8. The van der Waals surface area contributed by atoms with Gasteiger partial charge in [0.15, 0.2) is 0 Å². The standard InChI is InChI=1S/C13H20N4O2/c1-3-8-19-12-9(14)4-5-11(16-12)15-10-6-7-17(2)13(10)18/h4-5,10H,3,6-8,14H2,1-2H3,(H,15,16).